The van der Waals surface area contributed by atoms with Crippen LogP contribution in [0.5, 0.6) is 0 Å². The van der Waals surface area contributed by atoms with Crippen LogP contribution in [0.25, 0.3) is 0 Å². The smallest absolute Gasteiger partial charge is 0.310 e. The lowest BCUT2D eigenvalue weighted by Gasteiger charge is -2.49. The molecule has 4 atom stereocenters. The average Bonchev–Trinajstić information content (AvgIpc) is 2.59. The first-order valence-electron chi connectivity index (χ1n) is 10.3. The molecule has 142 valence electrons. The van der Waals surface area contributed by atoms with Crippen LogP contribution in [0.2, 0.25) is 0 Å². The number of fused-ring (bicyclic) bond motifs is 2. The first-order valence-corrected chi connectivity index (χ1v) is 10.3. The van der Waals surface area contributed by atoms with E-state index in [0.717, 1.165) is 29.7 Å². The highest BCUT2D eigenvalue weighted by Crippen LogP contribution is 2.51. The summed E-state index contributed by atoms with van der Waals surface area (Å²) in [5, 5.41) is 3.65. The van der Waals surface area contributed by atoms with Gasteiger partial charge in [-0.25, -0.2) is 4.39 Å². The Morgan fingerprint density at radius 2 is 1.65 bits per heavy atom. The topological polar surface area (TPSA) is 38.3 Å². The average molecular weight is 359 g/mol. The molecule has 0 heterocycles. The van der Waals surface area contributed by atoms with Crippen LogP contribution >= 0.6 is 0 Å². The number of nitrogens with one attached hydrogen (secondary N) is 1. The number of ether oxygens (including phenoxy) is 1. The SMILES string of the molecule is CCOC(=O)C1C2CC3CC(CC(C3)CC1NCc1ccc(F)cc1)C2. The Kier molecular flexibility index (Phi) is 5.30. The molecule has 0 amide bonds. The summed E-state index contributed by atoms with van der Waals surface area (Å²) in [7, 11) is 0. The van der Waals surface area contributed by atoms with Gasteiger partial charge in [-0.3, -0.25) is 4.79 Å². The Balaban J connectivity index is 1.53. The van der Waals surface area contributed by atoms with Crippen molar-refractivity contribution in [2.24, 2.45) is 29.6 Å². The summed E-state index contributed by atoms with van der Waals surface area (Å²) in [6.07, 6.45) is 7.47. The van der Waals surface area contributed by atoms with E-state index in [1.54, 1.807) is 0 Å². The Labute approximate surface area is 155 Å². The van der Waals surface area contributed by atoms with Gasteiger partial charge in [-0.1, -0.05) is 12.1 Å². The van der Waals surface area contributed by atoms with E-state index in [2.05, 4.69) is 5.32 Å². The van der Waals surface area contributed by atoms with Crippen LogP contribution in [0.1, 0.15) is 51.0 Å². The van der Waals surface area contributed by atoms with E-state index in [4.69, 9.17) is 4.74 Å². The number of benzene rings is 1. The van der Waals surface area contributed by atoms with Gasteiger partial charge in [-0.2, -0.15) is 0 Å². The number of halogens is 1. The molecule has 0 aromatic heterocycles. The molecule has 4 fully saturated rings. The Bertz CT molecular complexity index is 618. The van der Waals surface area contributed by atoms with Gasteiger partial charge in [0, 0.05) is 12.6 Å². The van der Waals surface area contributed by atoms with Crippen LogP contribution < -0.4 is 5.32 Å². The summed E-state index contributed by atoms with van der Waals surface area (Å²) in [5.74, 6) is 2.53. The second kappa shape index (κ2) is 7.67. The molecule has 4 heteroatoms. The number of carbonyl (C=O) groups is 1. The lowest BCUT2D eigenvalue weighted by Crippen LogP contribution is -2.51. The van der Waals surface area contributed by atoms with E-state index in [-0.39, 0.29) is 23.7 Å². The predicted molar refractivity (Wildman–Crippen MR) is 98.8 cm³/mol. The van der Waals surface area contributed by atoms with Crippen molar-refractivity contribution in [3.05, 3.63) is 35.6 Å². The number of hydrogen-bond acceptors (Lipinski definition) is 3. The minimum Gasteiger partial charge on any atom is -0.466 e. The molecule has 0 radical (unpaired) electrons. The Hall–Kier alpha value is -1.42. The van der Waals surface area contributed by atoms with Gasteiger partial charge in [0.2, 0.25) is 0 Å². The number of hydrogen-bond donors (Lipinski definition) is 1. The van der Waals surface area contributed by atoms with Crippen LogP contribution in [-0.4, -0.2) is 18.6 Å². The molecule has 1 aromatic rings. The molecule has 4 aliphatic carbocycles. The van der Waals surface area contributed by atoms with Crippen molar-refractivity contribution in [3.8, 4) is 0 Å². The molecular formula is C22H30FNO2. The first-order chi connectivity index (χ1) is 12.6. The van der Waals surface area contributed by atoms with Gasteiger partial charge in [-0.15, -0.1) is 0 Å². The third-order valence-corrected chi connectivity index (χ3v) is 6.84. The summed E-state index contributed by atoms with van der Waals surface area (Å²) in [4.78, 5) is 12.8. The highest BCUT2D eigenvalue weighted by Gasteiger charge is 2.47. The molecule has 3 nitrogen and oxygen atoms in total. The molecule has 0 spiro atoms. The van der Waals surface area contributed by atoms with Crippen molar-refractivity contribution in [1.82, 2.24) is 5.32 Å². The maximum atomic E-state index is 13.1. The van der Waals surface area contributed by atoms with Crippen molar-refractivity contribution in [2.75, 3.05) is 6.61 Å². The molecular weight excluding hydrogens is 329 g/mol. The normalized spacial score (nSPS) is 35.8. The summed E-state index contributed by atoms with van der Waals surface area (Å²) in [6, 6.07) is 6.80. The zero-order valence-corrected chi connectivity index (χ0v) is 15.6. The van der Waals surface area contributed by atoms with Crippen molar-refractivity contribution >= 4 is 5.97 Å². The Morgan fingerprint density at radius 3 is 2.27 bits per heavy atom. The molecule has 1 N–H and O–H groups in total. The van der Waals surface area contributed by atoms with Crippen molar-refractivity contribution in [1.29, 1.82) is 0 Å². The lowest BCUT2D eigenvalue weighted by atomic mass is 9.57. The molecule has 26 heavy (non-hydrogen) atoms. The van der Waals surface area contributed by atoms with Gasteiger partial charge < -0.3 is 10.1 Å². The van der Waals surface area contributed by atoms with Crippen molar-refractivity contribution < 1.29 is 13.9 Å². The van der Waals surface area contributed by atoms with Crippen LogP contribution in [0, 0.1) is 35.4 Å². The maximum Gasteiger partial charge on any atom is 0.310 e. The number of esters is 1. The largest absolute Gasteiger partial charge is 0.466 e. The van der Waals surface area contributed by atoms with E-state index < -0.39 is 0 Å². The molecule has 4 bridgehead atoms. The highest BCUT2D eigenvalue weighted by molar-refractivity contribution is 5.73. The minimum atomic E-state index is -0.210. The summed E-state index contributed by atoms with van der Waals surface area (Å²) < 4.78 is 18.6. The lowest BCUT2D eigenvalue weighted by molar-refractivity contribution is -0.154. The molecule has 0 saturated heterocycles. The van der Waals surface area contributed by atoms with Gasteiger partial charge >= 0.3 is 5.97 Å². The molecule has 4 saturated carbocycles. The summed E-state index contributed by atoms with van der Waals surface area (Å²) >= 11 is 0. The number of carbonyl (C=O) groups excluding carboxylic acids is 1. The van der Waals surface area contributed by atoms with E-state index in [9.17, 15) is 9.18 Å². The monoisotopic (exact) mass is 359 g/mol. The van der Waals surface area contributed by atoms with Gasteiger partial charge in [0.15, 0.2) is 0 Å². The second-order valence-electron chi connectivity index (χ2n) is 8.66. The maximum absolute atomic E-state index is 13.1. The summed E-state index contributed by atoms with van der Waals surface area (Å²) in [5.41, 5.74) is 1.06. The van der Waals surface area contributed by atoms with Crippen LogP contribution in [0.4, 0.5) is 4.39 Å². The zero-order valence-electron chi connectivity index (χ0n) is 15.6. The van der Waals surface area contributed by atoms with Crippen molar-refractivity contribution in [3.63, 3.8) is 0 Å². The first kappa shape index (κ1) is 18.0. The van der Waals surface area contributed by atoms with Crippen molar-refractivity contribution in [2.45, 2.75) is 58.0 Å². The standard InChI is InChI=1S/C22H30FNO2/c1-2-26-22(25)21-18-10-15-7-16(11-18)9-17(8-15)12-20(21)24-13-14-3-5-19(23)6-4-14/h3-6,15-18,20-21,24H,2,7-13H2,1H3. The van der Waals surface area contributed by atoms with Gasteiger partial charge in [-0.05, 0) is 86.8 Å². The second-order valence-corrected chi connectivity index (χ2v) is 8.66. The fourth-order valence-electron chi connectivity index (χ4n) is 6.02. The van der Waals surface area contributed by atoms with Crippen LogP contribution in [-0.2, 0) is 16.1 Å². The fraction of sp³-hybridized carbons (Fsp3) is 0.682. The van der Waals surface area contributed by atoms with Crippen LogP contribution in [0.3, 0.4) is 0 Å². The molecule has 0 aliphatic heterocycles. The van der Waals surface area contributed by atoms with E-state index in [0.29, 0.717) is 19.1 Å². The van der Waals surface area contributed by atoms with E-state index >= 15 is 0 Å². The van der Waals surface area contributed by atoms with Gasteiger partial charge in [0.25, 0.3) is 0 Å². The molecule has 1 aromatic carbocycles. The molecule has 4 aliphatic rings. The third kappa shape index (κ3) is 3.80. The third-order valence-electron chi connectivity index (χ3n) is 6.84. The predicted octanol–water partition coefficient (Wildman–Crippen LogP) is 4.31. The number of rotatable bonds is 5. The van der Waals surface area contributed by atoms with Gasteiger partial charge in [0.05, 0.1) is 12.5 Å². The quantitative estimate of drug-likeness (QED) is 0.796. The summed E-state index contributed by atoms with van der Waals surface area (Å²) in [6.45, 7) is 3.01. The van der Waals surface area contributed by atoms with E-state index in [1.165, 1.54) is 44.2 Å². The van der Waals surface area contributed by atoms with Crippen LogP contribution in [0.15, 0.2) is 24.3 Å². The highest BCUT2D eigenvalue weighted by atomic mass is 19.1. The molecule has 4 unspecified atom stereocenters. The Morgan fingerprint density at radius 1 is 1.04 bits per heavy atom. The zero-order chi connectivity index (χ0) is 18.1. The van der Waals surface area contributed by atoms with Gasteiger partial charge in [0.1, 0.15) is 5.82 Å². The molecule has 5 rings (SSSR count). The van der Waals surface area contributed by atoms with E-state index in [1.807, 2.05) is 19.1 Å². The fourth-order valence-corrected chi connectivity index (χ4v) is 6.02. The minimum absolute atomic E-state index is 0.0175.